The van der Waals surface area contributed by atoms with Gasteiger partial charge in [0.25, 0.3) is 5.91 Å². The van der Waals surface area contributed by atoms with E-state index in [0.29, 0.717) is 21.7 Å². The lowest BCUT2D eigenvalue weighted by Gasteiger charge is -2.40. The molecule has 3 aromatic rings. The fourth-order valence-corrected chi connectivity index (χ4v) is 8.58. The van der Waals surface area contributed by atoms with Gasteiger partial charge in [-0.15, -0.1) is 0 Å². The minimum atomic E-state index is -1.95. The number of phenolic OH excluding ortho intramolecular Hbond substituents is 2. The van der Waals surface area contributed by atoms with Gasteiger partial charge in [0.1, 0.15) is 72.2 Å². The van der Waals surface area contributed by atoms with E-state index in [0.717, 1.165) is 4.90 Å². The van der Waals surface area contributed by atoms with Crippen molar-refractivity contribution in [1.82, 2.24) is 41.9 Å². The Kier molecular flexibility index (Phi) is 21.2. The van der Waals surface area contributed by atoms with Gasteiger partial charge in [0, 0.05) is 32.7 Å². The first-order valence-electron chi connectivity index (χ1n) is 25.0. The zero-order chi connectivity index (χ0) is 56.0. The lowest BCUT2D eigenvalue weighted by atomic mass is 9.97. The summed E-state index contributed by atoms with van der Waals surface area (Å²) in [5, 5.41) is 66.1. The van der Waals surface area contributed by atoms with Crippen molar-refractivity contribution in [3.8, 4) is 11.5 Å². The molecule has 24 nitrogen and oxygen atoms in total. The van der Waals surface area contributed by atoms with E-state index in [9.17, 15) is 68.7 Å². The molecule has 76 heavy (non-hydrogen) atoms. The molecule has 0 radical (unpaired) electrons. The second kappa shape index (κ2) is 27.2. The van der Waals surface area contributed by atoms with Crippen molar-refractivity contribution in [2.45, 2.75) is 146 Å². The number of esters is 1. The van der Waals surface area contributed by atoms with Gasteiger partial charge in [-0.25, -0.2) is 15.2 Å². The number of nitrogens with one attached hydrogen (secondary N) is 6. The molecule has 24 heteroatoms. The number of rotatable bonds is 16. The number of likely N-dealkylation sites (N-methyl/N-ethyl adjacent to an activating group) is 1. The van der Waals surface area contributed by atoms with E-state index in [2.05, 4.69) is 32.0 Å². The highest BCUT2D eigenvalue weighted by Crippen LogP contribution is 2.21. The summed E-state index contributed by atoms with van der Waals surface area (Å²) in [7, 11) is 1.28. The lowest BCUT2D eigenvalue weighted by molar-refractivity contribution is -0.165. The molecular weight excluding hydrogens is 991 g/mol. The summed E-state index contributed by atoms with van der Waals surface area (Å²) in [4.78, 5) is 128. The molecule has 0 spiro atoms. The van der Waals surface area contributed by atoms with Crippen LogP contribution < -0.4 is 37.7 Å². The predicted molar refractivity (Wildman–Crippen MR) is 270 cm³/mol. The number of cyclic esters (lactones) is 1. The van der Waals surface area contributed by atoms with Crippen molar-refractivity contribution < 1.29 is 73.4 Å². The summed E-state index contributed by atoms with van der Waals surface area (Å²) >= 11 is 0. The second-order valence-corrected chi connectivity index (χ2v) is 19.2. The average molecular weight is 1060 g/mol. The molecule has 2 fully saturated rings. The maximum atomic E-state index is 14.8. The van der Waals surface area contributed by atoms with Crippen molar-refractivity contribution in [1.29, 1.82) is 0 Å². The number of carbonyl (C=O) groups is 9. The molecular formula is C52H69N9O15. The molecule has 2 bridgehead atoms. The Morgan fingerprint density at radius 2 is 1.37 bits per heavy atom. The van der Waals surface area contributed by atoms with Crippen LogP contribution in [-0.2, 0) is 67.2 Å². The van der Waals surface area contributed by atoms with Crippen molar-refractivity contribution in [2.75, 3.05) is 7.05 Å². The van der Waals surface area contributed by atoms with Crippen molar-refractivity contribution in [3.63, 3.8) is 0 Å². The number of benzene rings is 3. The van der Waals surface area contributed by atoms with Gasteiger partial charge >= 0.3 is 5.97 Å². The number of hydrogen-bond donors (Lipinski definition) is 12. The fraction of sp³-hybridized carbons (Fsp3) is 0.481. The second-order valence-electron chi connectivity index (χ2n) is 19.2. The number of phenols is 2. The summed E-state index contributed by atoms with van der Waals surface area (Å²) in [6.45, 7) is 5.82. The fourth-order valence-electron chi connectivity index (χ4n) is 8.58. The molecule has 0 aromatic heterocycles. The molecule has 13 N–H and O–H groups in total. The first-order valence-corrected chi connectivity index (χ1v) is 25.0. The Balaban J connectivity index is 1.59. The van der Waals surface area contributed by atoms with Crippen LogP contribution in [0.5, 0.6) is 11.5 Å². The Hall–Kier alpha value is -7.67. The number of carbonyl (C=O) groups excluding carboxylic acids is 9. The lowest BCUT2D eigenvalue weighted by Crippen LogP contribution is -2.68. The van der Waals surface area contributed by atoms with Crippen LogP contribution in [0.2, 0.25) is 0 Å². The van der Waals surface area contributed by atoms with E-state index in [4.69, 9.17) is 10.5 Å². The molecule has 8 amide bonds. The van der Waals surface area contributed by atoms with Gasteiger partial charge in [0.15, 0.2) is 0 Å². The van der Waals surface area contributed by atoms with E-state index >= 15 is 0 Å². The van der Waals surface area contributed by atoms with Crippen LogP contribution in [0.3, 0.4) is 0 Å². The van der Waals surface area contributed by atoms with E-state index in [1.54, 1.807) is 44.2 Å². The number of nitrogens with two attached hydrogens (primary N) is 1. The Labute approximate surface area is 439 Å². The van der Waals surface area contributed by atoms with Crippen LogP contribution in [0, 0.1) is 5.92 Å². The number of aliphatic hydroxyl groups excluding tert-OH is 3. The normalized spacial score (nSPS) is 24.8. The molecule has 2 heterocycles. The summed E-state index contributed by atoms with van der Waals surface area (Å²) in [5.74, 6) is -9.92. The van der Waals surface area contributed by atoms with Crippen LogP contribution in [0.25, 0.3) is 0 Å². The van der Waals surface area contributed by atoms with Gasteiger partial charge < -0.3 is 67.5 Å². The maximum absolute atomic E-state index is 14.8. The third-order valence-corrected chi connectivity index (χ3v) is 13.4. The monoisotopic (exact) mass is 1060 g/mol. The van der Waals surface area contributed by atoms with Gasteiger partial charge in [-0.3, -0.25) is 38.4 Å². The van der Waals surface area contributed by atoms with Crippen LogP contribution in [0.4, 0.5) is 0 Å². The van der Waals surface area contributed by atoms with E-state index in [1.165, 1.54) is 69.4 Å². The third kappa shape index (κ3) is 16.2. The van der Waals surface area contributed by atoms with Crippen LogP contribution in [0.1, 0.15) is 76.5 Å². The molecule has 2 saturated heterocycles. The van der Waals surface area contributed by atoms with Crippen molar-refractivity contribution >= 4 is 53.2 Å². The van der Waals surface area contributed by atoms with E-state index in [1.807, 2.05) is 0 Å². The Morgan fingerprint density at radius 3 is 1.96 bits per heavy atom. The standard InChI is InChI=1S/C52H69N9O15/c1-6-27(2)42-52(75)76-29(4)44(58-45(68)35(20-22-40(53)66)54-48(71)39(65)26-32-14-18-34(64)19-15-32)49(72)56-37(24-31-12-16-33(63)17-13-31)46(69)55-36-21-23-41(67)61(50(36)73)59-43(28(3)62)51(74)60(5)38(47(70)57-42)25-30-10-8-7-9-11-30/h7-19,27-29,35-39,41-44,59,62-65,67H,6,20-26H2,1-5H3,(H2,53,66)(H,54,71)(H,55,69)(H,56,72)(H,57,70)(H,58,68)/t27-,28+,29+,35-,36-,37?,38-,39?,41?,42-,43-,44?/m0/s1. The number of hydrogen-bond acceptors (Lipinski definition) is 16. The SMILES string of the molecule is CC[C@H](C)[C@@H]1NC(=O)[C@H](Cc2ccccc2)N(C)C(=O)[C@H]([C@@H](C)O)NN2C(=O)[C@H](CCC2O)NC(=O)C(Cc2ccc(O)cc2)NC(=O)C(NC(=O)[C@H](CCC(N)=O)NC(=O)C(O)Cc2ccc(O)cc2)[C@@H](C)OC1=O. The minimum absolute atomic E-state index is 0.0677. The highest BCUT2D eigenvalue weighted by molar-refractivity contribution is 5.97. The maximum Gasteiger partial charge on any atom is 0.329 e. The average Bonchev–Trinajstić information content (AvgIpc) is 3.38. The number of primary amides is 1. The quantitative estimate of drug-likeness (QED) is 0.0704. The van der Waals surface area contributed by atoms with Gasteiger partial charge in [-0.05, 0) is 80.0 Å². The predicted octanol–water partition coefficient (Wildman–Crippen LogP) is -1.81. The number of piperidine rings is 1. The summed E-state index contributed by atoms with van der Waals surface area (Å²) in [5.41, 5.74) is 9.44. The summed E-state index contributed by atoms with van der Waals surface area (Å²) in [6.07, 6.45) is -8.26. The molecule has 0 saturated carbocycles. The number of aliphatic hydroxyl groups is 3. The van der Waals surface area contributed by atoms with Gasteiger partial charge in [0.2, 0.25) is 41.4 Å². The largest absolute Gasteiger partial charge is 0.508 e. The molecule has 5 rings (SSSR count). The molecule has 2 aliphatic heterocycles. The van der Waals surface area contributed by atoms with Crippen LogP contribution >= 0.6 is 0 Å². The Morgan fingerprint density at radius 1 is 0.763 bits per heavy atom. The first-order chi connectivity index (χ1) is 36.0. The minimum Gasteiger partial charge on any atom is -0.508 e. The summed E-state index contributed by atoms with van der Waals surface area (Å²) < 4.78 is 5.92. The van der Waals surface area contributed by atoms with Crippen molar-refractivity contribution in [3.05, 3.63) is 95.6 Å². The number of hydrazine groups is 1. The smallest absolute Gasteiger partial charge is 0.329 e. The van der Waals surface area contributed by atoms with Crippen LogP contribution in [0.15, 0.2) is 78.9 Å². The Bertz CT molecular complexity index is 2530. The van der Waals surface area contributed by atoms with Gasteiger partial charge in [-0.1, -0.05) is 74.9 Å². The number of amides is 8. The van der Waals surface area contributed by atoms with Gasteiger partial charge in [0.05, 0.1) is 6.10 Å². The van der Waals surface area contributed by atoms with E-state index in [-0.39, 0.29) is 50.0 Å². The van der Waals surface area contributed by atoms with Crippen LogP contribution in [-0.4, -0.2) is 163 Å². The molecule has 3 aromatic carbocycles. The molecule has 4 unspecified atom stereocenters. The molecule has 0 aliphatic carbocycles. The number of nitrogens with zero attached hydrogens (tertiary/aromatic N) is 2. The number of ether oxygens (including phenoxy) is 1. The first kappa shape index (κ1) is 59.2. The topological polar surface area (TPSA) is 369 Å². The zero-order valence-electron chi connectivity index (χ0n) is 42.9. The van der Waals surface area contributed by atoms with Crippen molar-refractivity contribution in [2.24, 2.45) is 11.7 Å². The molecule has 412 valence electrons. The zero-order valence-corrected chi connectivity index (χ0v) is 42.9. The summed E-state index contributed by atoms with van der Waals surface area (Å²) in [6, 6.07) is 8.47. The number of aromatic hydroxyl groups is 2. The molecule has 2 aliphatic rings. The highest BCUT2D eigenvalue weighted by Gasteiger charge is 2.44. The van der Waals surface area contributed by atoms with E-state index < -0.39 is 139 Å². The highest BCUT2D eigenvalue weighted by atomic mass is 16.5. The third-order valence-electron chi connectivity index (χ3n) is 13.4. The molecule has 12 atom stereocenters. The van der Waals surface area contributed by atoms with Gasteiger partial charge in [-0.2, -0.15) is 0 Å². The number of fused-ring (bicyclic) bond motifs is 2.